The van der Waals surface area contributed by atoms with E-state index in [1.54, 1.807) is 0 Å². The maximum absolute atomic E-state index is 10.7. The first-order valence-corrected chi connectivity index (χ1v) is 3.17. The van der Waals surface area contributed by atoms with Crippen LogP contribution in [0.3, 0.4) is 0 Å². The molecule has 0 spiro atoms. The average Bonchev–Trinajstić information content (AvgIpc) is 1.95. The highest BCUT2D eigenvalue weighted by Crippen LogP contribution is 2.08. The lowest BCUT2D eigenvalue weighted by Crippen LogP contribution is -2.39. The fraction of sp³-hybridized carbons (Fsp3) is 0.833. The Morgan fingerprint density at radius 1 is 1.70 bits per heavy atom. The van der Waals surface area contributed by atoms with Crippen LogP contribution in [-0.4, -0.2) is 41.4 Å². The molecule has 0 unspecified atom stereocenters. The molecule has 0 saturated carbocycles. The lowest BCUT2D eigenvalue weighted by atomic mass is 10.1. The zero-order valence-electron chi connectivity index (χ0n) is 5.49. The molecule has 2 N–H and O–H groups in total. The van der Waals surface area contributed by atoms with Gasteiger partial charge in [0, 0.05) is 6.42 Å². The molecule has 0 radical (unpaired) electrons. The first-order chi connectivity index (χ1) is 4.74. The predicted molar refractivity (Wildman–Crippen MR) is 32.5 cm³/mol. The molecule has 0 amide bonds. The van der Waals surface area contributed by atoms with Gasteiger partial charge in [0.25, 0.3) is 0 Å². The predicted octanol–water partition coefficient (Wildman–Crippen LogP) is -1.30. The Bertz CT molecular complexity index is 134. The third-order valence-corrected chi connectivity index (χ3v) is 1.49. The van der Waals surface area contributed by atoms with Crippen molar-refractivity contribution in [1.82, 2.24) is 0 Å². The van der Waals surface area contributed by atoms with E-state index in [0.717, 1.165) is 0 Å². The van der Waals surface area contributed by atoms with E-state index >= 15 is 0 Å². The molecule has 0 aromatic carbocycles. The van der Waals surface area contributed by atoms with Gasteiger partial charge in [-0.3, -0.25) is 4.79 Å². The second-order valence-corrected chi connectivity index (χ2v) is 2.32. The monoisotopic (exact) mass is 146 g/mol. The summed E-state index contributed by atoms with van der Waals surface area (Å²) in [6.45, 7) is -0.136. The number of ketones is 1. The van der Waals surface area contributed by atoms with Crippen LogP contribution in [0, 0.1) is 0 Å². The number of Topliss-reactive ketones (excluding diaryl/α,β-unsaturated/α-hetero) is 1. The van der Waals surface area contributed by atoms with Crippen LogP contribution in [0.4, 0.5) is 0 Å². The minimum Gasteiger partial charge on any atom is -0.394 e. The Hall–Kier alpha value is -0.450. The van der Waals surface area contributed by atoms with Crippen LogP contribution in [-0.2, 0) is 9.53 Å². The molecule has 10 heavy (non-hydrogen) atoms. The van der Waals surface area contributed by atoms with Crippen molar-refractivity contribution in [3.05, 3.63) is 0 Å². The molecule has 1 aliphatic heterocycles. The summed E-state index contributed by atoms with van der Waals surface area (Å²) in [5.74, 6) is -0.245. The van der Waals surface area contributed by atoms with E-state index in [4.69, 9.17) is 14.9 Å². The van der Waals surface area contributed by atoms with Crippen LogP contribution in [0.15, 0.2) is 0 Å². The van der Waals surface area contributed by atoms with Gasteiger partial charge in [0.1, 0.15) is 6.10 Å². The van der Waals surface area contributed by atoms with Crippen molar-refractivity contribution in [1.29, 1.82) is 0 Å². The number of rotatable bonds is 1. The molecule has 1 rings (SSSR count). The summed E-state index contributed by atoms with van der Waals surface area (Å²) in [4.78, 5) is 10.7. The van der Waals surface area contributed by atoms with Crippen molar-refractivity contribution in [3.63, 3.8) is 0 Å². The van der Waals surface area contributed by atoms with E-state index in [2.05, 4.69) is 0 Å². The van der Waals surface area contributed by atoms with Gasteiger partial charge in [-0.05, 0) is 0 Å². The first-order valence-electron chi connectivity index (χ1n) is 3.17. The molecule has 1 heterocycles. The summed E-state index contributed by atoms with van der Waals surface area (Å²) >= 11 is 0. The zero-order chi connectivity index (χ0) is 7.56. The van der Waals surface area contributed by atoms with Gasteiger partial charge in [0.05, 0.1) is 19.3 Å². The van der Waals surface area contributed by atoms with Crippen molar-refractivity contribution < 1.29 is 19.7 Å². The number of hydrogen-bond donors (Lipinski definition) is 2. The second-order valence-electron chi connectivity index (χ2n) is 2.32. The highest BCUT2D eigenvalue weighted by molar-refractivity contribution is 5.83. The Morgan fingerprint density at radius 2 is 2.40 bits per heavy atom. The minimum absolute atomic E-state index is 0.0179. The molecule has 0 bridgehead atoms. The molecule has 58 valence electrons. The summed E-state index contributed by atoms with van der Waals surface area (Å²) in [7, 11) is 0. The Labute approximate surface area is 58.4 Å². The third-order valence-electron chi connectivity index (χ3n) is 1.49. The van der Waals surface area contributed by atoms with Gasteiger partial charge in [0.15, 0.2) is 5.78 Å². The van der Waals surface area contributed by atoms with Gasteiger partial charge in [-0.15, -0.1) is 0 Å². The summed E-state index contributed by atoms with van der Waals surface area (Å²) in [5.41, 5.74) is 0. The van der Waals surface area contributed by atoms with Crippen LogP contribution in [0.1, 0.15) is 6.42 Å². The number of aliphatic hydroxyl groups is 2. The fourth-order valence-corrected chi connectivity index (χ4v) is 0.857. The van der Waals surface area contributed by atoms with E-state index in [-0.39, 0.29) is 25.4 Å². The lowest BCUT2D eigenvalue weighted by Gasteiger charge is -2.23. The van der Waals surface area contributed by atoms with Crippen molar-refractivity contribution in [2.45, 2.75) is 18.6 Å². The molecule has 4 nitrogen and oxygen atoms in total. The first kappa shape index (κ1) is 7.65. The number of ether oxygens (including phenoxy) is 1. The van der Waals surface area contributed by atoms with E-state index in [0.29, 0.717) is 0 Å². The Kier molecular flexibility index (Phi) is 2.37. The van der Waals surface area contributed by atoms with Crippen molar-refractivity contribution >= 4 is 5.78 Å². The van der Waals surface area contributed by atoms with Crippen molar-refractivity contribution in [2.24, 2.45) is 0 Å². The number of carbonyl (C=O) groups is 1. The van der Waals surface area contributed by atoms with Crippen LogP contribution < -0.4 is 0 Å². The third kappa shape index (κ3) is 1.53. The summed E-state index contributed by atoms with van der Waals surface area (Å²) in [5, 5.41) is 17.4. The molecular formula is C6H10O4. The largest absolute Gasteiger partial charge is 0.394 e. The van der Waals surface area contributed by atoms with E-state index in [1.807, 2.05) is 0 Å². The zero-order valence-corrected chi connectivity index (χ0v) is 5.49. The van der Waals surface area contributed by atoms with Crippen molar-refractivity contribution in [3.8, 4) is 0 Å². The molecule has 0 aromatic heterocycles. The van der Waals surface area contributed by atoms with Gasteiger partial charge in [-0.1, -0.05) is 0 Å². The van der Waals surface area contributed by atoms with E-state index in [1.165, 1.54) is 0 Å². The minimum atomic E-state index is -0.984. The molecule has 1 aliphatic rings. The Morgan fingerprint density at radius 3 is 2.90 bits per heavy atom. The molecule has 0 aliphatic carbocycles. The van der Waals surface area contributed by atoms with Crippen molar-refractivity contribution in [2.75, 3.05) is 13.2 Å². The summed E-state index contributed by atoms with van der Waals surface area (Å²) in [6, 6.07) is 0. The number of carbonyl (C=O) groups excluding carboxylic acids is 1. The quantitative estimate of drug-likeness (QED) is 0.482. The maximum atomic E-state index is 10.7. The topological polar surface area (TPSA) is 66.8 Å². The van der Waals surface area contributed by atoms with Crippen LogP contribution >= 0.6 is 0 Å². The number of aliphatic hydroxyl groups excluding tert-OH is 2. The fourth-order valence-electron chi connectivity index (χ4n) is 0.857. The summed E-state index contributed by atoms with van der Waals surface area (Å²) < 4.78 is 4.89. The molecule has 0 aromatic rings. The van der Waals surface area contributed by atoms with Crippen LogP contribution in [0.2, 0.25) is 0 Å². The molecular weight excluding hydrogens is 136 g/mol. The highest BCUT2D eigenvalue weighted by atomic mass is 16.5. The smallest absolute Gasteiger partial charge is 0.166 e. The van der Waals surface area contributed by atoms with Crippen LogP contribution in [0.5, 0.6) is 0 Å². The normalized spacial score (nSPS) is 34.4. The second kappa shape index (κ2) is 3.09. The van der Waals surface area contributed by atoms with E-state index in [9.17, 15) is 4.79 Å². The highest BCUT2D eigenvalue weighted by Gasteiger charge is 2.26. The summed E-state index contributed by atoms with van der Waals surface area (Å²) in [6.07, 6.45) is -1.27. The van der Waals surface area contributed by atoms with Gasteiger partial charge in [-0.25, -0.2) is 0 Å². The van der Waals surface area contributed by atoms with Gasteiger partial charge in [-0.2, -0.15) is 0 Å². The van der Waals surface area contributed by atoms with Gasteiger partial charge < -0.3 is 14.9 Å². The van der Waals surface area contributed by atoms with E-state index < -0.39 is 12.2 Å². The average molecular weight is 146 g/mol. The Balaban J connectivity index is 2.41. The van der Waals surface area contributed by atoms with Crippen LogP contribution in [0.25, 0.3) is 0 Å². The standard InChI is InChI=1S/C6H10O4/c7-2-4-1-5(8)6(9)3-10-4/h4,6-7,9H,1-3H2/t4-,6-/m1/s1. The molecule has 1 fully saturated rings. The maximum Gasteiger partial charge on any atom is 0.166 e. The lowest BCUT2D eigenvalue weighted by molar-refractivity contribution is -0.145. The molecule has 2 atom stereocenters. The van der Waals surface area contributed by atoms with Gasteiger partial charge in [0.2, 0.25) is 0 Å². The number of hydrogen-bond acceptors (Lipinski definition) is 4. The molecule has 1 saturated heterocycles. The molecule has 4 heteroatoms. The SMILES string of the molecule is O=C1C[C@H](CO)OC[C@H]1O. The van der Waals surface area contributed by atoms with Gasteiger partial charge >= 0.3 is 0 Å².